The van der Waals surface area contributed by atoms with Crippen molar-refractivity contribution in [1.82, 2.24) is 10.2 Å². The number of aliphatic carboxylic acids is 1. The minimum Gasteiger partial charge on any atom is -0.481 e. The highest BCUT2D eigenvalue weighted by Gasteiger charge is 2.59. The Kier molecular flexibility index (Phi) is 6.26. The number of fused-ring (bicyclic) bond motifs is 3. The number of carbonyl (C=O) groups is 3. The van der Waals surface area contributed by atoms with Crippen LogP contribution in [0.4, 0.5) is 4.79 Å². The molecule has 1 unspecified atom stereocenters. The summed E-state index contributed by atoms with van der Waals surface area (Å²) >= 11 is 0. The van der Waals surface area contributed by atoms with Crippen molar-refractivity contribution in [3.63, 3.8) is 0 Å². The molecule has 0 bridgehead atoms. The number of likely N-dealkylation sites (tertiary alicyclic amines) is 1. The zero-order chi connectivity index (χ0) is 24.6. The summed E-state index contributed by atoms with van der Waals surface area (Å²) in [5.74, 6) is -1.15. The molecule has 2 N–H and O–H groups in total. The minimum atomic E-state index is -0.731. The van der Waals surface area contributed by atoms with Crippen LogP contribution in [0.25, 0.3) is 11.1 Å². The highest BCUT2D eigenvalue weighted by molar-refractivity contribution is 5.86. The van der Waals surface area contributed by atoms with Crippen LogP contribution >= 0.6 is 0 Å². The molecule has 184 valence electrons. The van der Waals surface area contributed by atoms with Gasteiger partial charge in [0.1, 0.15) is 12.6 Å². The molecule has 2 amide bonds. The van der Waals surface area contributed by atoms with Gasteiger partial charge in [0.15, 0.2) is 0 Å². The Balaban J connectivity index is 1.19. The third kappa shape index (κ3) is 4.40. The molecule has 0 radical (unpaired) electrons. The van der Waals surface area contributed by atoms with Gasteiger partial charge in [0, 0.05) is 19.0 Å². The maximum Gasteiger partial charge on any atom is 0.407 e. The van der Waals surface area contributed by atoms with Gasteiger partial charge in [-0.2, -0.15) is 0 Å². The zero-order valence-corrected chi connectivity index (χ0v) is 20.0. The second-order valence-electron chi connectivity index (χ2n) is 10.1. The molecule has 1 spiro atoms. The summed E-state index contributed by atoms with van der Waals surface area (Å²) in [4.78, 5) is 39.0. The average Bonchev–Trinajstić information content (AvgIpc) is 3.48. The van der Waals surface area contributed by atoms with E-state index in [0.717, 1.165) is 17.5 Å². The van der Waals surface area contributed by atoms with E-state index in [1.165, 1.54) is 11.1 Å². The fourth-order valence-corrected chi connectivity index (χ4v) is 5.97. The fraction of sp³-hybridized carbons (Fsp3) is 0.464. The zero-order valence-electron chi connectivity index (χ0n) is 20.0. The fourth-order valence-electron chi connectivity index (χ4n) is 5.97. The van der Waals surface area contributed by atoms with Crippen LogP contribution in [0.5, 0.6) is 0 Å². The van der Waals surface area contributed by atoms with E-state index in [1.807, 2.05) is 31.2 Å². The van der Waals surface area contributed by atoms with E-state index < -0.39 is 18.1 Å². The average molecular weight is 477 g/mol. The Morgan fingerprint density at radius 1 is 1.06 bits per heavy atom. The number of nitrogens with zero attached hydrogens (tertiary/aromatic N) is 1. The normalized spacial score (nSPS) is 20.6. The maximum atomic E-state index is 13.2. The second kappa shape index (κ2) is 9.36. The summed E-state index contributed by atoms with van der Waals surface area (Å²) in [7, 11) is 0. The summed E-state index contributed by atoms with van der Waals surface area (Å²) in [5, 5.41) is 12.1. The smallest absolute Gasteiger partial charge is 0.407 e. The van der Waals surface area contributed by atoms with Gasteiger partial charge < -0.3 is 20.1 Å². The number of ether oxygens (including phenoxy) is 1. The maximum absolute atomic E-state index is 13.2. The van der Waals surface area contributed by atoms with E-state index in [4.69, 9.17) is 4.74 Å². The van der Waals surface area contributed by atoms with Crippen LogP contribution in [0.15, 0.2) is 48.5 Å². The second-order valence-corrected chi connectivity index (χ2v) is 10.1. The molecule has 2 aromatic rings. The molecule has 2 aliphatic carbocycles. The molecule has 2 fully saturated rings. The quantitative estimate of drug-likeness (QED) is 0.617. The van der Waals surface area contributed by atoms with Crippen LogP contribution in [-0.2, 0) is 14.3 Å². The van der Waals surface area contributed by atoms with Gasteiger partial charge in [-0.05, 0) is 53.4 Å². The number of hydrogen-bond acceptors (Lipinski definition) is 4. The van der Waals surface area contributed by atoms with Gasteiger partial charge in [0.25, 0.3) is 0 Å². The predicted octanol–water partition coefficient (Wildman–Crippen LogP) is 4.41. The number of benzene rings is 2. The lowest BCUT2D eigenvalue weighted by Gasteiger charge is -2.35. The molecule has 5 rings (SSSR count). The van der Waals surface area contributed by atoms with Crippen molar-refractivity contribution in [2.75, 3.05) is 19.7 Å². The number of nitrogens with one attached hydrogen (secondary N) is 1. The van der Waals surface area contributed by atoms with Gasteiger partial charge in [-0.1, -0.05) is 61.9 Å². The van der Waals surface area contributed by atoms with Gasteiger partial charge in [0.2, 0.25) is 5.91 Å². The Hall–Kier alpha value is -3.35. The van der Waals surface area contributed by atoms with Crippen LogP contribution in [0.1, 0.15) is 56.1 Å². The molecular weight excluding hydrogens is 444 g/mol. The number of rotatable bonds is 7. The van der Waals surface area contributed by atoms with Gasteiger partial charge >= 0.3 is 12.1 Å². The SMILES string of the molecule is CCC[C@@H](NC(=O)OCC1c2ccccc2-c2ccccc21)C(=O)N1CCC2(CC1)CC2C(=O)O. The van der Waals surface area contributed by atoms with Crippen LogP contribution in [0.3, 0.4) is 0 Å². The van der Waals surface area contributed by atoms with Crippen LogP contribution in [0.2, 0.25) is 0 Å². The van der Waals surface area contributed by atoms with Crippen molar-refractivity contribution in [3.05, 3.63) is 59.7 Å². The predicted molar refractivity (Wildman–Crippen MR) is 131 cm³/mol. The van der Waals surface area contributed by atoms with E-state index in [9.17, 15) is 19.5 Å². The van der Waals surface area contributed by atoms with Crippen molar-refractivity contribution in [3.8, 4) is 11.1 Å². The van der Waals surface area contributed by atoms with Crippen LogP contribution < -0.4 is 5.32 Å². The molecule has 3 aliphatic rings. The van der Waals surface area contributed by atoms with Gasteiger partial charge in [-0.25, -0.2) is 4.79 Å². The molecule has 1 heterocycles. The van der Waals surface area contributed by atoms with Crippen molar-refractivity contribution < 1.29 is 24.2 Å². The van der Waals surface area contributed by atoms with Gasteiger partial charge in [-0.3, -0.25) is 9.59 Å². The van der Waals surface area contributed by atoms with E-state index in [1.54, 1.807) is 4.90 Å². The van der Waals surface area contributed by atoms with Crippen molar-refractivity contribution in [2.45, 2.75) is 51.0 Å². The molecule has 1 saturated heterocycles. The van der Waals surface area contributed by atoms with E-state index in [0.29, 0.717) is 38.8 Å². The lowest BCUT2D eigenvalue weighted by molar-refractivity contribution is -0.140. The topological polar surface area (TPSA) is 95.9 Å². The number of carbonyl (C=O) groups excluding carboxylic acids is 2. The summed E-state index contributed by atoms with van der Waals surface area (Å²) in [6.45, 7) is 3.26. The molecule has 1 aliphatic heterocycles. The number of carboxylic acids is 1. The largest absolute Gasteiger partial charge is 0.481 e. The van der Waals surface area contributed by atoms with Crippen molar-refractivity contribution in [1.29, 1.82) is 0 Å². The molecule has 0 aromatic heterocycles. The summed E-state index contributed by atoms with van der Waals surface area (Å²) < 4.78 is 5.65. The molecular formula is C28H32N2O5. The van der Waals surface area contributed by atoms with E-state index >= 15 is 0 Å². The third-order valence-corrected chi connectivity index (χ3v) is 8.07. The summed E-state index contributed by atoms with van der Waals surface area (Å²) in [6.07, 6.45) is 2.82. The number of amides is 2. The number of hydrogen-bond donors (Lipinski definition) is 2. The van der Waals surface area contributed by atoms with Crippen molar-refractivity contribution >= 4 is 18.0 Å². The van der Waals surface area contributed by atoms with Gasteiger partial charge in [-0.15, -0.1) is 0 Å². The number of piperidine rings is 1. The molecule has 35 heavy (non-hydrogen) atoms. The van der Waals surface area contributed by atoms with Crippen LogP contribution in [0, 0.1) is 11.3 Å². The number of carboxylic acid groups (broad SMARTS) is 1. The molecule has 7 heteroatoms. The third-order valence-electron chi connectivity index (χ3n) is 8.07. The van der Waals surface area contributed by atoms with Crippen LogP contribution in [-0.4, -0.2) is 53.7 Å². The standard InChI is InChI=1S/C28H32N2O5/c1-2-7-24(25(31)30-14-12-28(13-15-30)16-23(28)26(32)33)29-27(34)35-17-22-20-10-5-3-8-18(20)19-9-4-6-11-21(19)22/h3-6,8-11,22-24H,2,7,12-17H2,1H3,(H,29,34)(H,32,33)/t23?,24-/m1/s1. The van der Waals surface area contributed by atoms with E-state index in [2.05, 4.69) is 29.6 Å². The Bertz CT molecular complexity index is 1090. The molecule has 1 saturated carbocycles. The molecule has 2 aromatic carbocycles. The Morgan fingerprint density at radius 3 is 2.20 bits per heavy atom. The number of alkyl carbamates (subject to hydrolysis) is 1. The first-order valence-electron chi connectivity index (χ1n) is 12.6. The summed E-state index contributed by atoms with van der Waals surface area (Å²) in [5.41, 5.74) is 4.48. The lowest BCUT2D eigenvalue weighted by atomic mass is 9.90. The van der Waals surface area contributed by atoms with E-state index in [-0.39, 0.29) is 29.8 Å². The highest BCUT2D eigenvalue weighted by atomic mass is 16.5. The first-order chi connectivity index (χ1) is 16.9. The van der Waals surface area contributed by atoms with Crippen molar-refractivity contribution in [2.24, 2.45) is 11.3 Å². The molecule has 2 atom stereocenters. The Morgan fingerprint density at radius 2 is 1.66 bits per heavy atom. The monoisotopic (exact) mass is 476 g/mol. The first-order valence-corrected chi connectivity index (χ1v) is 12.6. The van der Waals surface area contributed by atoms with Gasteiger partial charge in [0.05, 0.1) is 5.92 Å². The highest BCUT2D eigenvalue weighted by Crippen LogP contribution is 2.59. The lowest BCUT2D eigenvalue weighted by Crippen LogP contribution is -2.51. The minimum absolute atomic E-state index is 0.0347. The summed E-state index contributed by atoms with van der Waals surface area (Å²) in [6, 6.07) is 15.7. The Labute approximate surface area is 205 Å². The molecule has 7 nitrogen and oxygen atoms in total. The first kappa shape index (κ1) is 23.4.